The van der Waals surface area contributed by atoms with Crippen LogP contribution in [0, 0.1) is 13.8 Å². The average Bonchev–Trinajstić information content (AvgIpc) is 2.36. The van der Waals surface area contributed by atoms with E-state index in [1.54, 1.807) is 0 Å². The van der Waals surface area contributed by atoms with E-state index in [-0.39, 0.29) is 17.7 Å². The van der Waals surface area contributed by atoms with Gasteiger partial charge in [-0.05, 0) is 37.1 Å². The molecule has 1 atom stereocenters. The number of aryl methyl sites for hydroxylation is 2. The molecule has 126 valence electrons. The molecular formula is C13H16F6N2O. The van der Waals surface area contributed by atoms with Crippen LogP contribution in [0.2, 0.25) is 0 Å². The first kappa shape index (κ1) is 18.6. The Morgan fingerprint density at radius 2 is 1.50 bits per heavy atom. The van der Waals surface area contributed by atoms with E-state index in [9.17, 15) is 26.3 Å². The van der Waals surface area contributed by atoms with Crippen molar-refractivity contribution in [3.63, 3.8) is 0 Å². The molecule has 4 N–H and O–H groups in total. The Balaban J connectivity index is 3.33. The lowest BCUT2D eigenvalue weighted by Gasteiger charge is -2.31. The number of alkyl halides is 6. The molecular weight excluding hydrogens is 314 g/mol. The molecule has 0 fully saturated rings. The maximum atomic E-state index is 13.8. The number of halogens is 6. The zero-order chi connectivity index (χ0) is 17.3. The zero-order valence-corrected chi connectivity index (χ0v) is 11.9. The highest BCUT2D eigenvalue weighted by Gasteiger charge is 2.71. The van der Waals surface area contributed by atoms with Gasteiger partial charge in [-0.3, -0.25) is 0 Å². The molecule has 1 rings (SSSR count). The minimum Gasteiger partial charge on any atom is -0.383 e. The van der Waals surface area contributed by atoms with E-state index in [1.807, 2.05) is 0 Å². The van der Waals surface area contributed by atoms with Crippen molar-refractivity contribution in [1.82, 2.24) is 0 Å². The second-order valence-electron chi connectivity index (χ2n) is 4.89. The van der Waals surface area contributed by atoms with E-state index in [4.69, 9.17) is 10.8 Å². The zero-order valence-electron chi connectivity index (χ0n) is 11.9. The molecule has 0 saturated heterocycles. The minimum atomic E-state index is -6.13. The van der Waals surface area contributed by atoms with Gasteiger partial charge < -0.3 is 16.2 Å². The van der Waals surface area contributed by atoms with Gasteiger partial charge in [0.25, 0.3) is 0 Å². The van der Waals surface area contributed by atoms with E-state index in [0.29, 0.717) is 24.4 Å². The maximum Gasteiger partial charge on any atom is 0.455 e. The van der Waals surface area contributed by atoms with E-state index in [1.165, 1.54) is 13.8 Å². The molecule has 1 unspecified atom stereocenters. The predicted octanol–water partition coefficient (Wildman–Crippen LogP) is 2.99. The second-order valence-corrected chi connectivity index (χ2v) is 4.89. The van der Waals surface area contributed by atoms with Crippen LogP contribution in [0.3, 0.4) is 0 Å². The van der Waals surface area contributed by atoms with Crippen LogP contribution in [0.1, 0.15) is 16.7 Å². The summed E-state index contributed by atoms with van der Waals surface area (Å²) in [6, 6.07) is 1.39. The van der Waals surface area contributed by atoms with Crippen molar-refractivity contribution in [2.75, 3.05) is 18.4 Å². The van der Waals surface area contributed by atoms with Crippen LogP contribution in [-0.2, 0) is 5.92 Å². The maximum absolute atomic E-state index is 13.8. The number of nitrogens with one attached hydrogen (secondary N) is 1. The Morgan fingerprint density at radius 3 is 1.86 bits per heavy atom. The average molecular weight is 330 g/mol. The number of hydrogen-bond donors (Lipinski definition) is 3. The van der Waals surface area contributed by atoms with Crippen LogP contribution in [0.15, 0.2) is 12.1 Å². The van der Waals surface area contributed by atoms with Gasteiger partial charge in [-0.2, -0.15) is 26.3 Å². The number of nitrogens with two attached hydrogens (primary N) is 1. The fourth-order valence-corrected chi connectivity index (χ4v) is 1.99. The highest BCUT2D eigenvalue weighted by molar-refractivity contribution is 5.59. The first-order chi connectivity index (χ1) is 9.86. The molecule has 0 amide bonds. The van der Waals surface area contributed by atoms with Crippen molar-refractivity contribution in [3.8, 4) is 0 Å². The summed E-state index contributed by atoms with van der Waals surface area (Å²) in [5.74, 6) is -10.8. The topological polar surface area (TPSA) is 58.3 Å². The van der Waals surface area contributed by atoms with E-state index >= 15 is 0 Å². The molecule has 0 aliphatic rings. The summed E-state index contributed by atoms with van der Waals surface area (Å²) in [7, 11) is 0. The Morgan fingerprint density at radius 1 is 1.05 bits per heavy atom. The third kappa shape index (κ3) is 3.14. The number of rotatable bonds is 5. The SMILES string of the molecule is Cc1cc(C(F)(F)C(O)(F)C(F)(F)F)cc(C)c1NCCN. The molecule has 0 bridgehead atoms. The molecule has 0 radical (unpaired) electrons. The number of aliphatic hydroxyl groups is 1. The molecule has 0 heterocycles. The van der Waals surface area contributed by atoms with Crippen LogP contribution in [0.25, 0.3) is 0 Å². The fourth-order valence-electron chi connectivity index (χ4n) is 1.99. The van der Waals surface area contributed by atoms with E-state index < -0.39 is 23.5 Å². The van der Waals surface area contributed by atoms with Gasteiger partial charge in [0.2, 0.25) is 0 Å². The lowest BCUT2D eigenvalue weighted by atomic mass is 9.95. The minimum absolute atomic E-state index is 0.182. The Bertz CT molecular complexity index is 519. The van der Waals surface area contributed by atoms with Crippen LogP contribution in [0.5, 0.6) is 0 Å². The summed E-state index contributed by atoms with van der Waals surface area (Å²) in [5, 5.41) is 11.5. The van der Waals surface area contributed by atoms with Gasteiger partial charge in [-0.25, -0.2) is 0 Å². The smallest absolute Gasteiger partial charge is 0.383 e. The van der Waals surface area contributed by atoms with Gasteiger partial charge >= 0.3 is 18.0 Å². The summed E-state index contributed by atoms with van der Waals surface area (Å²) in [6.07, 6.45) is -6.13. The molecule has 0 saturated carbocycles. The van der Waals surface area contributed by atoms with Crippen LogP contribution in [-0.4, -0.2) is 30.2 Å². The van der Waals surface area contributed by atoms with Crippen molar-refractivity contribution < 1.29 is 31.4 Å². The van der Waals surface area contributed by atoms with Gasteiger partial charge in [-0.1, -0.05) is 0 Å². The van der Waals surface area contributed by atoms with Crippen LogP contribution < -0.4 is 11.1 Å². The Hall–Kier alpha value is -1.48. The third-order valence-corrected chi connectivity index (χ3v) is 3.13. The largest absolute Gasteiger partial charge is 0.455 e. The Labute approximate surface area is 123 Å². The van der Waals surface area contributed by atoms with E-state index in [0.717, 1.165) is 0 Å². The molecule has 0 spiro atoms. The van der Waals surface area contributed by atoms with Crippen molar-refractivity contribution in [2.45, 2.75) is 31.8 Å². The lowest BCUT2D eigenvalue weighted by Crippen LogP contribution is -2.53. The molecule has 0 aliphatic heterocycles. The number of hydrogen-bond acceptors (Lipinski definition) is 3. The van der Waals surface area contributed by atoms with Gasteiger partial charge in [0.1, 0.15) is 0 Å². The lowest BCUT2D eigenvalue weighted by molar-refractivity contribution is -0.390. The van der Waals surface area contributed by atoms with Crippen LogP contribution >= 0.6 is 0 Å². The second kappa shape index (κ2) is 5.96. The van der Waals surface area contributed by atoms with Gasteiger partial charge in [0.05, 0.1) is 0 Å². The summed E-state index contributed by atoms with van der Waals surface area (Å²) in [6.45, 7) is 3.33. The van der Waals surface area contributed by atoms with E-state index in [2.05, 4.69) is 5.32 Å². The normalized spacial score (nSPS) is 15.5. The predicted molar refractivity (Wildman–Crippen MR) is 69.5 cm³/mol. The molecule has 0 aliphatic carbocycles. The first-order valence-electron chi connectivity index (χ1n) is 6.27. The summed E-state index contributed by atoms with van der Waals surface area (Å²) in [4.78, 5) is 0. The van der Waals surface area contributed by atoms with Gasteiger partial charge in [0.15, 0.2) is 0 Å². The summed E-state index contributed by atoms with van der Waals surface area (Å²) in [5.41, 5.74) is 4.81. The van der Waals surface area contributed by atoms with Crippen molar-refractivity contribution >= 4 is 5.69 Å². The number of benzene rings is 1. The van der Waals surface area contributed by atoms with Crippen LogP contribution in [0.4, 0.5) is 32.0 Å². The van der Waals surface area contributed by atoms with Gasteiger partial charge in [-0.15, -0.1) is 0 Å². The molecule has 0 aromatic heterocycles. The summed E-state index contributed by atoms with van der Waals surface area (Å²) < 4.78 is 77.8. The van der Waals surface area contributed by atoms with Crippen molar-refractivity contribution in [2.24, 2.45) is 5.73 Å². The third-order valence-electron chi connectivity index (χ3n) is 3.13. The monoisotopic (exact) mass is 330 g/mol. The summed E-state index contributed by atoms with van der Waals surface area (Å²) >= 11 is 0. The molecule has 9 heteroatoms. The molecule has 1 aromatic rings. The quantitative estimate of drug-likeness (QED) is 0.728. The van der Waals surface area contributed by atoms with Gasteiger partial charge in [0, 0.05) is 24.3 Å². The van der Waals surface area contributed by atoms with Crippen molar-refractivity contribution in [3.05, 3.63) is 28.8 Å². The molecule has 1 aromatic carbocycles. The highest BCUT2D eigenvalue weighted by atomic mass is 19.4. The first-order valence-corrected chi connectivity index (χ1v) is 6.27. The molecule has 22 heavy (non-hydrogen) atoms. The Kier molecular flexibility index (Phi) is 5.03. The highest BCUT2D eigenvalue weighted by Crippen LogP contribution is 2.49. The van der Waals surface area contributed by atoms with Crippen molar-refractivity contribution in [1.29, 1.82) is 0 Å². The standard InChI is InChI=1S/C13H16F6N2O/c1-7-5-9(6-8(2)10(7)21-4-3-20)11(14,15)12(16,22)13(17,18)19/h5-6,21-22H,3-4,20H2,1-2H3. The molecule has 3 nitrogen and oxygen atoms in total. The fraction of sp³-hybridized carbons (Fsp3) is 0.538. The number of anilines is 1.